The van der Waals surface area contributed by atoms with Gasteiger partial charge in [0, 0.05) is 30.6 Å². The molecule has 0 spiro atoms. The monoisotopic (exact) mass is 282 g/mol. The number of rotatable bonds is 4. The van der Waals surface area contributed by atoms with Gasteiger partial charge >= 0.3 is 0 Å². The minimum Gasteiger partial charge on any atom is -0.344 e. The molecule has 4 nitrogen and oxygen atoms in total. The molecule has 0 saturated carbocycles. The van der Waals surface area contributed by atoms with Crippen molar-refractivity contribution in [3.8, 4) is 0 Å². The van der Waals surface area contributed by atoms with E-state index in [-0.39, 0.29) is 0 Å². The Morgan fingerprint density at radius 2 is 2.21 bits per heavy atom. The Hall–Kier alpha value is -0.650. The molecule has 1 aliphatic heterocycles. The second-order valence-corrected chi connectivity index (χ2v) is 6.47. The minimum atomic E-state index is 0.547. The number of aromatic nitrogens is 1. The van der Waals surface area contributed by atoms with Crippen molar-refractivity contribution in [3.63, 3.8) is 0 Å². The lowest BCUT2D eigenvalue weighted by molar-refractivity contribution is 0.337. The fourth-order valence-corrected chi connectivity index (χ4v) is 4.01. The largest absolute Gasteiger partial charge is 0.344 e. The molecule has 2 heterocycles. The summed E-state index contributed by atoms with van der Waals surface area (Å²) in [5.74, 6) is 0. The highest BCUT2D eigenvalue weighted by molar-refractivity contribution is 7.15. The van der Waals surface area contributed by atoms with Gasteiger partial charge in [0.05, 0.1) is 5.69 Å². The normalized spacial score (nSPS) is 21.7. The van der Waals surface area contributed by atoms with Crippen molar-refractivity contribution in [3.05, 3.63) is 10.6 Å². The van der Waals surface area contributed by atoms with Crippen LogP contribution in [0.15, 0.2) is 0 Å². The van der Waals surface area contributed by atoms with Crippen molar-refractivity contribution in [1.82, 2.24) is 15.2 Å². The van der Waals surface area contributed by atoms with Gasteiger partial charge in [0.1, 0.15) is 0 Å². The van der Waals surface area contributed by atoms with Gasteiger partial charge in [-0.15, -0.1) is 11.3 Å². The van der Waals surface area contributed by atoms with Crippen LogP contribution in [-0.2, 0) is 13.0 Å². The van der Waals surface area contributed by atoms with Crippen LogP contribution in [0, 0.1) is 0 Å². The van der Waals surface area contributed by atoms with E-state index in [2.05, 4.69) is 36.0 Å². The lowest BCUT2D eigenvalue weighted by Crippen LogP contribution is -2.37. The first-order valence-electron chi connectivity index (χ1n) is 7.24. The van der Waals surface area contributed by atoms with E-state index in [0.717, 1.165) is 26.1 Å². The zero-order valence-electron chi connectivity index (χ0n) is 12.6. The van der Waals surface area contributed by atoms with Crippen LogP contribution in [0.1, 0.15) is 30.8 Å². The molecule has 0 aromatic carbocycles. The van der Waals surface area contributed by atoms with Crippen molar-refractivity contribution < 1.29 is 0 Å². The quantitative estimate of drug-likeness (QED) is 0.915. The number of nitrogens with one attached hydrogen (secondary N) is 1. The number of aryl methyl sites for hydroxylation is 1. The Kier molecular flexibility index (Phi) is 5.19. The lowest BCUT2D eigenvalue weighted by Gasteiger charge is -2.27. The molecule has 1 aromatic heterocycles. The van der Waals surface area contributed by atoms with Gasteiger partial charge in [-0.3, -0.25) is 0 Å². The van der Waals surface area contributed by atoms with Crippen molar-refractivity contribution in [2.45, 2.75) is 39.3 Å². The minimum absolute atomic E-state index is 0.547. The second kappa shape index (κ2) is 6.68. The number of hydrogen-bond acceptors (Lipinski definition) is 5. The maximum absolute atomic E-state index is 4.87. The molecule has 1 aliphatic rings. The lowest BCUT2D eigenvalue weighted by atomic mass is 10.3. The molecule has 19 heavy (non-hydrogen) atoms. The summed E-state index contributed by atoms with van der Waals surface area (Å²) >= 11 is 1.86. The molecule has 1 atom stereocenters. The van der Waals surface area contributed by atoms with E-state index in [1.165, 1.54) is 28.7 Å². The molecule has 0 radical (unpaired) electrons. The molecule has 0 amide bonds. The van der Waals surface area contributed by atoms with Crippen LogP contribution in [0.2, 0.25) is 0 Å². The van der Waals surface area contributed by atoms with Crippen LogP contribution in [0.5, 0.6) is 0 Å². The average molecular weight is 282 g/mol. The SMILES string of the molecule is CCc1nc(N2CCCN(C)CC2C)sc1CNC. The smallest absolute Gasteiger partial charge is 0.186 e. The molecule has 1 unspecified atom stereocenters. The summed E-state index contributed by atoms with van der Waals surface area (Å²) < 4.78 is 0. The van der Waals surface area contributed by atoms with Crippen molar-refractivity contribution in [1.29, 1.82) is 0 Å². The fourth-order valence-electron chi connectivity index (χ4n) is 2.72. The molecular weight excluding hydrogens is 256 g/mol. The van der Waals surface area contributed by atoms with E-state index in [1.807, 2.05) is 18.4 Å². The van der Waals surface area contributed by atoms with Gasteiger partial charge in [-0.25, -0.2) is 4.98 Å². The molecule has 2 rings (SSSR count). The molecule has 1 fully saturated rings. The number of likely N-dealkylation sites (N-methyl/N-ethyl adjacent to an activating group) is 1. The molecule has 1 aromatic rings. The van der Waals surface area contributed by atoms with Crippen molar-refractivity contribution >= 4 is 16.5 Å². The zero-order valence-corrected chi connectivity index (χ0v) is 13.4. The van der Waals surface area contributed by atoms with Crippen LogP contribution in [-0.4, -0.2) is 49.7 Å². The molecule has 5 heteroatoms. The van der Waals surface area contributed by atoms with Crippen molar-refractivity contribution in [2.75, 3.05) is 38.6 Å². The van der Waals surface area contributed by atoms with Crippen LogP contribution in [0.4, 0.5) is 5.13 Å². The Labute approximate surface area is 120 Å². The fraction of sp³-hybridized carbons (Fsp3) is 0.786. The van der Waals surface area contributed by atoms with Gasteiger partial charge in [-0.1, -0.05) is 6.92 Å². The maximum Gasteiger partial charge on any atom is 0.186 e. The second-order valence-electron chi connectivity index (χ2n) is 5.41. The van der Waals surface area contributed by atoms with Gasteiger partial charge in [0.2, 0.25) is 0 Å². The highest BCUT2D eigenvalue weighted by Crippen LogP contribution is 2.29. The number of anilines is 1. The third-order valence-corrected chi connectivity index (χ3v) is 4.87. The molecule has 108 valence electrons. The van der Waals surface area contributed by atoms with Gasteiger partial charge in [0.15, 0.2) is 5.13 Å². The third kappa shape index (κ3) is 3.46. The number of nitrogens with zero attached hydrogens (tertiary/aromatic N) is 3. The summed E-state index contributed by atoms with van der Waals surface area (Å²) in [5, 5.41) is 4.46. The molecular formula is C14H26N4S. The van der Waals surface area contributed by atoms with Crippen LogP contribution in [0.3, 0.4) is 0 Å². The first kappa shape index (κ1) is 14.8. The third-order valence-electron chi connectivity index (χ3n) is 3.73. The highest BCUT2D eigenvalue weighted by atomic mass is 32.1. The molecule has 1 saturated heterocycles. The van der Waals surface area contributed by atoms with Gasteiger partial charge in [-0.2, -0.15) is 0 Å². The first-order valence-corrected chi connectivity index (χ1v) is 8.05. The van der Waals surface area contributed by atoms with Crippen LogP contribution < -0.4 is 10.2 Å². The van der Waals surface area contributed by atoms with Gasteiger partial charge < -0.3 is 15.1 Å². The Balaban J connectivity index is 2.19. The summed E-state index contributed by atoms with van der Waals surface area (Å²) in [4.78, 5) is 11.2. The topological polar surface area (TPSA) is 31.4 Å². The van der Waals surface area contributed by atoms with E-state index in [1.54, 1.807) is 0 Å². The summed E-state index contributed by atoms with van der Waals surface area (Å²) in [7, 11) is 4.22. The Morgan fingerprint density at radius 1 is 1.42 bits per heavy atom. The summed E-state index contributed by atoms with van der Waals surface area (Å²) in [6.07, 6.45) is 2.25. The van der Waals surface area contributed by atoms with E-state index >= 15 is 0 Å². The summed E-state index contributed by atoms with van der Waals surface area (Å²) in [6, 6.07) is 0.547. The molecule has 1 N–H and O–H groups in total. The standard InChI is InChI=1S/C14H26N4S/c1-5-12-13(9-15-3)19-14(16-12)18-8-6-7-17(4)10-11(18)2/h11,15H,5-10H2,1-4H3. The molecule has 0 bridgehead atoms. The Bertz CT molecular complexity index is 404. The highest BCUT2D eigenvalue weighted by Gasteiger charge is 2.23. The summed E-state index contributed by atoms with van der Waals surface area (Å²) in [6.45, 7) is 8.88. The first-order chi connectivity index (χ1) is 9.15. The van der Waals surface area contributed by atoms with Crippen molar-refractivity contribution in [2.24, 2.45) is 0 Å². The van der Waals surface area contributed by atoms with Gasteiger partial charge in [-0.05, 0) is 40.4 Å². The Morgan fingerprint density at radius 3 is 2.89 bits per heavy atom. The predicted octanol–water partition coefficient (Wildman–Crippen LogP) is 1.96. The van der Waals surface area contributed by atoms with E-state index in [9.17, 15) is 0 Å². The van der Waals surface area contributed by atoms with E-state index < -0.39 is 0 Å². The predicted molar refractivity (Wildman–Crippen MR) is 83.2 cm³/mol. The van der Waals surface area contributed by atoms with Gasteiger partial charge in [0.25, 0.3) is 0 Å². The van der Waals surface area contributed by atoms with E-state index in [0.29, 0.717) is 6.04 Å². The number of thiazole rings is 1. The number of hydrogen-bond donors (Lipinski definition) is 1. The van der Waals surface area contributed by atoms with Crippen LogP contribution >= 0.6 is 11.3 Å². The maximum atomic E-state index is 4.87. The summed E-state index contributed by atoms with van der Waals surface area (Å²) in [5.41, 5.74) is 1.26. The average Bonchev–Trinajstić information content (AvgIpc) is 2.69. The van der Waals surface area contributed by atoms with Crippen LogP contribution in [0.25, 0.3) is 0 Å². The molecule has 0 aliphatic carbocycles. The zero-order chi connectivity index (χ0) is 13.8. The van der Waals surface area contributed by atoms with E-state index in [4.69, 9.17) is 4.98 Å².